The van der Waals surface area contributed by atoms with E-state index in [-0.39, 0.29) is 0 Å². The van der Waals surface area contributed by atoms with Crippen LogP contribution in [0.2, 0.25) is 0 Å². The van der Waals surface area contributed by atoms with Crippen LogP contribution >= 0.6 is 22.6 Å². The highest BCUT2D eigenvalue weighted by atomic mass is 127. The van der Waals surface area contributed by atoms with Crippen LogP contribution in [0.4, 0.5) is 0 Å². The molecule has 2 nitrogen and oxygen atoms in total. The summed E-state index contributed by atoms with van der Waals surface area (Å²) in [6.45, 7) is 0.960. The van der Waals surface area contributed by atoms with Gasteiger partial charge >= 0.3 is 0 Å². The van der Waals surface area contributed by atoms with Crippen molar-refractivity contribution >= 4 is 28.5 Å². The van der Waals surface area contributed by atoms with E-state index in [1.807, 2.05) is 11.9 Å². The molecule has 1 amide bonds. The molecule has 1 heterocycles. The highest BCUT2D eigenvalue weighted by molar-refractivity contribution is 14.1. The van der Waals surface area contributed by atoms with Gasteiger partial charge < -0.3 is 4.90 Å². The predicted octanol–water partition coefficient (Wildman–Crippen LogP) is 0.900. The first-order valence-electron chi connectivity index (χ1n) is 3.04. The molecule has 1 aliphatic rings. The summed E-state index contributed by atoms with van der Waals surface area (Å²) < 4.78 is 1.10. The lowest BCUT2D eigenvalue weighted by Gasteiger charge is -2.06. The van der Waals surface area contributed by atoms with Crippen LogP contribution in [0.25, 0.3) is 0 Å². The first kappa shape index (κ1) is 7.31. The zero-order valence-electron chi connectivity index (χ0n) is 5.43. The Morgan fingerprint density at radius 2 is 2.56 bits per heavy atom. The SMILES string of the molecule is CN1CC(CI)CC1=O. The van der Waals surface area contributed by atoms with Crippen LogP contribution in [0.1, 0.15) is 6.42 Å². The van der Waals surface area contributed by atoms with Crippen LogP contribution in [-0.4, -0.2) is 28.8 Å². The van der Waals surface area contributed by atoms with Crippen LogP contribution in [-0.2, 0) is 4.79 Å². The van der Waals surface area contributed by atoms with E-state index in [9.17, 15) is 4.79 Å². The summed E-state index contributed by atoms with van der Waals surface area (Å²) >= 11 is 2.33. The van der Waals surface area contributed by atoms with Crippen molar-refractivity contribution in [2.24, 2.45) is 5.92 Å². The lowest BCUT2D eigenvalue weighted by molar-refractivity contribution is -0.126. The molecule has 1 unspecified atom stereocenters. The third-order valence-electron chi connectivity index (χ3n) is 1.64. The van der Waals surface area contributed by atoms with Crippen molar-refractivity contribution in [3.8, 4) is 0 Å². The van der Waals surface area contributed by atoms with Gasteiger partial charge in [-0.2, -0.15) is 0 Å². The Morgan fingerprint density at radius 3 is 2.78 bits per heavy atom. The van der Waals surface area contributed by atoms with Crippen molar-refractivity contribution in [2.45, 2.75) is 6.42 Å². The van der Waals surface area contributed by atoms with E-state index in [2.05, 4.69) is 22.6 Å². The molecule has 0 aliphatic carbocycles. The largest absolute Gasteiger partial charge is 0.345 e. The fourth-order valence-electron chi connectivity index (χ4n) is 1.06. The molecule has 0 saturated carbocycles. The molecule has 1 aliphatic heterocycles. The van der Waals surface area contributed by atoms with E-state index in [0.717, 1.165) is 17.4 Å². The molecule has 0 bridgehead atoms. The lowest BCUT2D eigenvalue weighted by Crippen LogP contribution is -2.19. The number of rotatable bonds is 1. The van der Waals surface area contributed by atoms with Gasteiger partial charge in [0, 0.05) is 24.4 Å². The fraction of sp³-hybridized carbons (Fsp3) is 0.833. The second-order valence-corrected chi connectivity index (χ2v) is 3.38. The van der Waals surface area contributed by atoms with Crippen LogP contribution in [0, 0.1) is 5.92 Å². The minimum atomic E-state index is 0.302. The topological polar surface area (TPSA) is 20.3 Å². The van der Waals surface area contributed by atoms with Crippen molar-refractivity contribution in [1.29, 1.82) is 0 Å². The van der Waals surface area contributed by atoms with Gasteiger partial charge in [0.15, 0.2) is 0 Å². The number of alkyl halides is 1. The molecular weight excluding hydrogens is 229 g/mol. The number of likely N-dealkylation sites (tertiary alicyclic amines) is 1. The van der Waals surface area contributed by atoms with Gasteiger partial charge in [-0.05, 0) is 5.92 Å². The standard InChI is InChI=1S/C6H10INO/c1-8-4-5(3-7)2-6(8)9/h5H,2-4H2,1H3. The van der Waals surface area contributed by atoms with Gasteiger partial charge in [0.2, 0.25) is 5.91 Å². The van der Waals surface area contributed by atoms with Crippen LogP contribution in [0.15, 0.2) is 0 Å². The highest BCUT2D eigenvalue weighted by Crippen LogP contribution is 2.17. The molecule has 3 heteroatoms. The Labute approximate surface area is 68.7 Å². The third-order valence-corrected chi connectivity index (χ3v) is 2.88. The quantitative estimate of drug-likeness (QED) is 0.491. The predicted molar refractivity (Wildman–Crippen MR) is 44.6 cm³/mol. The Morgan fingerprint density at radius 1 is 1.89 bits per heavy atom. The van der Waals surface area contributed by atoms with Gasteiger partial charge in [-0.3, -0.25) is 4.79 Å². The van der Waals surface area contributed by atoms with Gasteiger partial charge in [0.05, 0.1) is 0 Å². The summed E-state index contributed by atoms with van der Waals surface area (Å²) in [4.78, 5) is 12.7. The van der Waals surface area contributed by atoms with Gasteiger partial charge in [-0.25, -0.2) is 0 Å². The average molecular weight is 239 g/mol. The van der Waals surface area contributed by atoms with Gasteiger partial charge in [-0.1, -0.05) is 22.6 Å². The number of hydrogen-bond acceptors (Lipinski definition) is 1. The Hall–Kier alpha value is 0.200. The van der Waals surface area contributed by atoms with Gasteiger partial charge in [-0.15, -0.1) is 0 Å². The minimum Gasteiger partial charge on any atom is -0.345 e. The summed E-state index contributed by atoms with van der Waals surface area (Å²) in [6.07, 6.45) is 0.763. The van der Waals surface area contributed by atoms with E-state index in [0.29, 0.717) is 11.8 Å². The van der Waals surface area contributed by atoms with Crippen LogP contribution in [0.5, 0.6) is 0 Å². The van der Waals surface area contributed by atoms with E-state index < -0.39 is 0 Å². The van der Waals surface area contributed by atoms with Crippen LogP contribution in [0.3, 0.4) is 0 Å². The molecule has 0 aromatic rings. The molecular formula is C6H10INO. The fourth-order valence-corrected chi connectivity index (χ4v) is 1.65. The van der Waals surface area contributed by atoms with E-state index in [4.69, 9.17) is 0 Å². The molecule has 1 rings (SSSR count). The maximum absolute atomic E-state index is 10.9. The minimum absolute atomic E-state index is 0.302. The third kappa shape index (κ3) is 1.56. The molecule has 52 valence electrons. The average Bonchev–Trinajstić information content (AvgIpc) is 2.13. The Balaban J connectivity index is 2.44. The molecule has 0 radical (unpaired) electrons. The van der Waals surface area contributed by atoms with E-state index >= 15 is 0 Å². The maximum atomic E-state index is 10.9. The normalized spacial score (nSPS) is 27.6. The lowest BCUT2D eigenvalue weighted by atomic mass is 10.2. The number of carbonyl (C=O) groups excluding carboxylic acids is 1. The first-order valence-corrected chi connectivity index (χ1v) is 4.56. The summed E-state index contributed by atoms with van der Waals surface area (Å²) in [7, 11) is 1.87. The van der Waals surface area contributed by atoms with Crippen molar-refractivity contribution in [1.82, 2.24) is 4.90 Å². The molecule has 1 saturated heterocycles. The zero-order valence-corrected chi connectivity index (χ0v) is 7.59. The van der Waals surface area contributed by atoms with Crippen molar-refractivity contribution < 1.29 is 4.79 Å². The smallest absolute Gasteiger partial charge is 0.222 e. The van der Waals surface area contributed by atoms with Crippen molar-refractivity contribution in [3.63, 3.8) is 0 Å². The summed E-state index contributed by atoms with van der Waals surface area (Å²) in [5.74, 6) is 0.916. The molecule has 0 aromatic carbocycles. The second-order valence-electron chi connectivity index (χ2n) is 2.50. The van der Waals surface area contributed by atoms with Gasteiger partial charge in [0.1, 0.15) is 0 Å². The monoisotopic (exact) mass is 239 g/mol. The summed E-state index contributed by atoms with van der Waals surface area (Å²) in [6, 6.07) is 0. The second kappa shape index (κ2) is 2.86. The summed E-state index contributed by atoms with van der Waals surface area (Å²) in [5, 5.41) is 0. The molecule has 0 N–H and O–H groups in total. The number of halogens is 1. The van der Waals surface area contributed by atoms with Crippen molar-refractivity contribution in [3.05, 3.63) is 0 Å². The Kier molecular flexibility index (Phi) is 2.32. The zero-order chi connectivity index (χ0) is 6.85. The maximum Gasteiger partial charge on any atom is 0.222 e. The summed E-state index contributed by atoms with van der Waals surface area (Å²) in [5.41, 5.74) is 0. The highest BCUT2D eigenvalue weighted by Gasteiger charge is 2.25. The number of carbonyl (C=O) groups is 1. The number of amides is 1. The first-order chi connectivity index (χ1) is 4.24. The molecule has 1 atom stereocenters. The van der Waals surface area contributed by atoms with Crippen LogP contribution < -0.4 is 0 Å². The molecule has 1 fully saturated rings. The molecule has 0 spiro atoms. The molecule has 0 aromatic heterocycles. The number of hydrogen-bond donors (Lipinski definition) is 0. The Bertz CT molecular complexity index is 126. The van der Waals surface area contributed by atoms with E-state index in [1.54, 1.807) is 0 Å². The molecule has 9 heavy (non-hydrogen) atoms. The van der Waals surface area contributed by atoms with Gasteiger partial charge in [0.25, 0.3) is 0 Å². The van der Waals surface area contributed by atoms with Crippen molar-refractivity contribution in [2.75, 3.05) is 18.0 Å². The van der Waals surface area contributed by atoms with E-state index in [1.165, 1.54) is 0 Å². The number of nitrogens with zero attached hydrogens (tertiary/aromatic N) is 1.